The predicted octanol–water partition coefficient (Wildman–Crippen LogP) is 3.56. The number of aryl methyl sites for hydroxylation is 1. The fourth-order valence-corrected chi connectivity index (χ4v) is 5.36. The van der Waals surface area contributed by atoms with Crippen molar-refractivity contribution >= 4 is 21.2 Å². The summed E-state index contributed by atoms with van der Waals surface area (Å²) in [5.41, 5.74) is 2.22. The monoisotopic (exact) mass is 348 g/mol. The molecule has 4 rings (SSSR count). The van der Waals surface area contributed by atoms with E-state index in [-0.39, 0.29) is 17.1 Å². The van der Waals surface area contributed by atoms with Gasteiger partial charge in [0.1, 0.15) is 5.75 Å². The van der Waals surface area contributed by atoms with Crippen LogP contribution >= 0.6 is 0 Å². The number of aromatic hydroxyl groups is 1. The van der Waals surface area contributed by atoms with Crippen LogP contribution in [0.5, 0.6) is 5.75 Å². The number of benzene rings is 2. The first kappa shape index (κ1) is 15.9. The van der Waals surface area contributed by atoms with E-state index in [2.05, 4.69) is 13.0 Å². The Hall–Kier alpha value is -1.63. The van der Waals surface area contributed by atoms with Gasteiger partial charge in [0.25, 0.3) is 0 Å². The summed E-state index contributed by atoms with van der Waals surface area (Å²) in [6, 6.07) is 9.52. The number of phenols is 1. The predicted molar refractivity (Wildman–Crippen MR) is 90.4 cm³/mol. The van der Waals surface area contributed by atoms with Crippen LogP contribution in [0.4, 0.5) is 0 Å². The number of hydrogen-bond acceptors (Lipinski definition) is 4. The highest BCUT2D eigenvalue weighted by molar-refractivity contribution is 7.80. The van der Waals surface area contributed by atoms with Crippen LogP contribution in [0.25, 0.3) is 10.8 Å². The van der Waals surface area contributed by atoms with Crippen molar-refractivity contribution in [2.75, 3.05) is 0 Å². The molecule has 1 saturated carbocycles. The minimum absolute atomic E-state index is 0.214. The Morgan fingerprint density at radius 1 is 1.21 bits per heavy atom. The summed E-state index contributed by atoms with van der Waals surface area (Å²) in [6.07, 6.45) is 2.61. The van der Waals surface area contributed by atoms with Gasteiger partial charge in [0.05, 0.1) is 6.10 Å². The van der Waals surface area contributed by atoms with Crippen LogP contribution < -0.4 is 0 Å². The molecule has 24 heavy (non-hydrogen) atoms. The molecule has 2 aliphatic carbocycles. The van der Waals surface area contributed by atoms with Gasteiger partial charge >= 0.3 is 10.4 Å². The average molecular weight is 348 g/mol. The second-order valence-electron chi connectivity index (χ2n) is 7.19. The van der Waals surface area contributed by atoms with Gasteiger partial charge in [-0.1, -0.05) is 25.1 Å². The maximum absolute atomic E-state index is 11.2. The molecule has 1 fully saturated rings. The Bertz CT molecular complexity index is 920. The topological polar surface area (TPSA) is 83.8 Å². The van der Waals surface area contributed by atoms with Gasteiger partial charge in [-0.05, 0) is 65.6 Å². The Morgan fingerprint density at radius 2 is 2.00 bits per heavy atom. The van der Waals surface area contributed by atoms with Crippen LogP contribution in [-0.4, -0.2) is 24.2 Å². The van der Waals surface area contributed by atoms with Crippen molar-refractivity contribution in [1.29, 1.82) is 0 Å². The zero-order valence-electron chi connectivity index (χ0n) is 13.4. The molecule has 5 nitrogen and oxygen atoms in total. The normalized spacial score (nSPS) is 29.4. The lowest BCUT2D eigenvalue weighted by molar-refractivity contribution is 0.0613. The van der Waals surface area contributed by atoms with Gasteiger partial charge in [-0.3, -0.25) is 4.55 Å². The van der Waals surface area contributed by atoms with Gasteiger partial charge in [-0.15, -0.1) is 0 Å². The SMILES string of the molecule is C[C@]12CCc3c(ccc4cc(O)ccc34)[C@@H]1CCC2OS(=O)(=O)O. The standard InChI is InChI=1S/C18H20O5S/c1-18-9-8-14-13-5-3-12(19)10-11(13)2-4-15(14)16(18)6-7-17(18)23-24(20,21)22/h2-5,10,16-17,19H,6-9H2,1H3,(H,20,21,22)/t16-,17?,18-/m0/s1. The molecule has 128 valence electrons. The summed E-state index contributed by atoms with van der Waals surface area (Å²) in [7, 11) is -4.44. The lowest BCUT2D eigenvalue weighted by atomic mass is 9.65. The minimum atomic E-state index is -4.44. The van der Waals surface area contributed by atoms with Crippen molar-refractivity contribution in [3.05, 3.63) is 41.5 Å². The van der Waals surface area contributed by atoms with Crippen molar-refractivity contribution < 1.29 is 22.3 Å². The van der Waals surface area contributed by atoms with Crippen LogP contribution in [0, 0.1) is 5.41 Å². The highest BCUT2D eigenvalue weighted by atomic mass is 32.3. The molecule has 1 unspecified atom stereocenters. The minimum Gasteiger partial charge on any atom is -0.508 e. The summed E-state index contributed by atoms with van der Waals surface area (Å²) in [5, 5.41) is 11.8. The van der Waals surface area contributed by atoms with E-state index in [0.29, 0.717) is 6.42 Å². The third-order valence-electron chi connectivity index (χ3n) is 5.93. The average Bonchev–Trinajstić information content (AvgIpc) is 2.82. The quantitative estimate of drug-likeness (QED) is 0.811. The Morgan fingerprint density at radius 3 is 2.75 bits per heavy atom. The number of fused-ring (bicyclic) bond motifs is 5. The molecule has 2 aromatic rings. The van der Waals surface area contributed by atoms with Crippen LogP contribution in [0.15, 0.2) is 30.3 Å². The first-order valence-electron chi connectivity index (χ1n) is 8.18. The van der Waals surface area contributed by atoms with E-state index < -0.39 is 16.5 Å². The second-order valence-corrected chi connectivity index (χ2v) is 8.24. The lowest BCUT2D eigenvalue weighted by Crippen LogP contribution is -2.38. The van der Waals surface area contributed by atoms with Gasteiger partial charge in [-0.2, -0.15) is 8.42 Å². The molecule has 0 aromatic heterocycles. The molecule has 2 aromatic carbocycles. The van der Waals surface area contributed by atoms with E-state index in [0.717, 1.165) is 30.0 Å². The molecule has 2 aliphatic rings. The van der Waals surface area contributed by atoms with E-state index in [1.54, 1.807) is 12.1 Å². The van der Waals surface area contributed by atoms with E-state index in [4.69, 9.17) is 8.74 Å². The maximum Gasteiger partial charge on any atom is 0.397 e. The molecular formula is C18H20O5S. The van der Waals surface area contributed by atoms with Gasteiger partial charge in [0, 0.05) is 5.41 Å². The summed E-state index contributed by atoms with van der Waals surface area (Å²) >= 11 is 0. The number of hydrogen-bond donors (Lipinski definition) is 2. The fraction of sp³-hybridized carbons (Fsp3) is 0.444. The second kappa shape index (κ2) is 5.18. The van der Waals surface area contributed by atoms with E-state index >= 15 is 0 Å². The Labute approximate surface area is 141 Å². The molecule has 0 bridgehead atoms. The summed E-state index contributed by atoms with van der Waals surface area (Å²) in [6.45, 7) is 2.06. The molecule has 2 N–H and O–H groups in total. The molecule has 0 saturated heterocycles. The Balaban J connectivity index is 1.79. The van der Waals surface area contributed by atoms with E-state index in [9.17, 15) is 13.5 Å². The largest absolute Gasteiger partial charge is 0.508 e. The van der Waals surface area contributed by atoms with Crippen molar-refractivity contribution in [3.63, 3.8) is 0 Å². The zero-order chi connectivity index (χ0) is 17.1. The Kier molecular flexibility index (Phi) is 3.43. The maximum atomic E-state index is 11.2. The van der Waals surface area contributed by atoms with Crippen molar-refractivity contribution in [1.82, 2.24) is 0 Å². The molecule has 3 atom stereocenters. The highest BCUT2D eigenvalue weighted by Gasteiger charge is 2.51. The van der Waals surface area contributed by atoms with Gasteiger partial charge in [-0.25, -0.2) is 4.18 Å². The summed E-state index contributed by atoms with van der Waals surface area (Å²) in [4.78, 5) is 0. The van der Waals surface area contributed by atoms with E-state index in [1.165, 1.54) is 11.1 Å². The molecule has 0 amide bonds. The van der Waals surface area contributed by atoms with Crippen LogP contribution in [0.3, 0.4) is 0 Å². The van der Waals surface area contributed by atoms with Crippen LogP contribution in [0.1, 0.15) is 43.2 Å². The van der Waals surface area contributed by atoms with Crippen molar-refractivity contribution in [2.45, 2.75) is 44.6 Å². The van der Waals surface area contributed by atoms with Crippen LogP contribution in [0.2, 0.25) is 0 Å². The zero-order valence-corrected chi connectivity index (χ0v) is 14.2. The number of phenolic OH excluding ortho intramolecular Hbond substituents is 1. The smallest absolute Gasteiger partial charge is 0.397 e. The third-order valence-corrected chi connectivity index (χ3v) is 6.40. The van der Waals surface area contributed by atoms with Crippen molar-refractivity contribution in [2.24, 2.45) is 5.41 Å². The van der Waals surface area contributed by atoms with Crippen molar-refractivity contribution in [3.8, 4) is 5.75 Å². The summed E-state index contributed by atoms with van der Waals surface area (Å²) < 4.78 is 36.4. The summed E-state index contributed by atoms with van der Waals surface area (Å²) in [5.74, 6) is 0.469. The first-order valence-corrected chi connectivity index (χ1v) is 9.55. The van der Waals surface area contributed by atoms with Gasteiger partial charge in [0.2, 0.25) is 0 Å². The van der Waals surface area contributed by atoms with Gasteiger partial charge < -0.3 is 5.11 Å². The molecular weight excluding hydrogens is 328 g/mol. The first-order chi connectivity index (χ1) is 11.3. The number of rotatable bonds is 2. The molecule has 6 heteroatoms. The molecule has 0 radical (unpaired) electrons. The third kappa shape index (κ3) is 2.41. The van der Waals surface area contributed by atoms with Gasteiger partial charge in [0.15, 0.2) is 0 Å². The lowest BCUT2D eigenvalue weighted by Gasteiger charge is -2.41. The molecule has 0 spiro atoms. The van der Waals surface area contributed by atoms with E-state index in [1.807, 2.05) is 12.1 Å². The molecule has 0 heterocycles. The highest BCUT2D eigenvalue weighted by Crippen LogP contribution is 2.57. The molecule has 0 aliphatic heterocycles. The fourth-order valence-electron chi connectivity index (χ4n) is 4.75. The van der Waals surface area contributed by atoms with Crippen LogP contribution in [-0.2, 0) is 21.0 Å².